The highest BCUT2D eigenvalue weighted by Gasteiger charge is 2.29. The lowest BCUT2D eigenvalue weighted by molar-refractivity contribution is -0.114. The van der Waals surface area contributed by atoms with E-state index in [9.17, 15) is 9.59 Å². The summed E-state index contributed by atoms with van der Waals surface area (Å²) in [5.41, 5.74) is 1.04. The van der Waals surface area contributed by atoms with Gasteiger partial charge in [-0.25, -0.2) is 4.98 Å². The molecule has 0 aromatic carbocycles. The summed E-state index contributed by atoms with van der Waals surface area (Å²) in [7, 11) is 0. The van der Waals surface area contributed by atoms with Crippen LogP contribution in [0.4, 0.5) is 5.69 Å². The lowest BCUT2D eigenvalue weighted by Crippen LogP contribution is -2.33. The number of pyridine rings is 2. The molecule has 6 nitrogen and oxygen atoms in total. The molecule has 3 heterocycles. The summed E-state index contributed by atoms with van der Waals surface area (Å²) in [6.45, 7) is 5.20. The van der Waals surface area contributed by atoms with Gasteiger partial charge >= 0.3 is 0 Å². The van der Waals surface area contributed by atoms with Crippen molar-refractivity contribution in [2.45, 2.75) is 26.4 Å². The van der Waals surface area contributed by atoms with Crippen LogP contribution in [0, 0.1) is 0 Å². The molecule has 0 radical (unpaired) electrons. The second-order valence-corrected chi connectivity index (χ2v) is 6.88. The van der Waals surface area contributed by atoms with Crippen molar-refractivity contribution in [3.8, 4) is 5.88 Å². The highest BCUT2D eigenvalue weighted by atomic mass is 79.9. The topological polar surface area (TPSA) is 73.2 Å². The predicted molar refractivity (Wildman–Crippen MR) is 95.0 cm³/mol. The van der Waals surface area contributed by atoms with Crippen molar-refractivity contribution in [2.24, 2.45) is 0 Å². The molecule has 2 aromatic heterocycles. The number of aromatic nitrogens is 2. The SMILES string of the molecule is CC(=O)Nc1cc(Br)c(=O)n(C2=CC(C)(C)Oc3ncccc32)c1. The van der Waals surface area contributed by atoms with Crippen LogP contribution in [0.3, 0.4) is 0 Å². The standard InChI is InChI=1S/C17H16BrN3O3/c1-10(22)20-11-7-13(18)16(23)21(9-11)14-8-17(2,3)24-15-12(14)5-4-6-19-15/h4-9H,1-3H3,(H,20,22). The Labute approximate surface area is 147 Å². The molecule has 1 aliphatic rings. The van der Waals surface area contributed by atoms with Crippen molar-refractivity contribution >= 4 is 33.2 Å². The lowest BCUT2D eigenvalue weighted by atomic mass is 10.0. The summed E-state index contributed by atoms with van der Waals surface area (Å²) in [4.78, 5) is 28.2. The summed E-state index contributed by atoms with van der Waals surface area (Å²) >= 11 is 3.26. The van der Waals surface area contributed by atoms with Crippen molar-refractivity contribution in [1.82, 2.24) is 9.55 Å². The first-order chi connectivity index (χ1) is 11.3. The fourth-order valence-corrected chi connectivity index (χ4v) is 2.99. The normalized spacial score (nSPS) is 15.1. The third kappa shape index (κ3) is 3.12. The highest BCUT2D eigenvalue weighted by Crippen LogP contribution is 2.34. The molecule has 1 amide bonds. The maximum Gasteiger partial charge on any atom is 0.269 e. The van der Waals surface area contributed by atoms with Gasteiger partial charge in [0.05, 0.1) is 21.4 Å². The fourth-order valence-electron chi connectivity index (χ4n) is 2.55. The average Bonchev–Trinajstić information content (AvgIpc) is 2.48. The van der Waals surface area contributed by atoms with Crippen molar-refractivity contribution in [3.05, 3.63) is 57.1 Å². The van der Waals surface area contributed by atoms with E-state index >= 15 is 0 Å². The Morgan fingerprint density at radius 3 is 2.88 bits per heavy atom. The van der Waals surface area contributed by atoms with E-state index in [1.54, 1.807) is 24.5 Å². The molecule has 0 fully saturated rings. The molecule has 0 saturated carbocycles. The Morgan fingerprint density at radius 1 is 1.42 bits per heavy atom. The van der Waals surface area contributed by atoms with Crippen molar-refractivity contribution < 1.29 is 9.53 Å². The third-order valence-electron chi connectivity index (χ3n) is 3.44. The zero-order valence-corrected chi connectivity index (χ0v) is 15.0. The number of nitrogens with zero attached hydrogens (tertiary/aromatic N) is 2. The number of hydrogen-bond donors (Lipinski definition) is 1. The van der Waals surface area contributed by atoms with Crippen LogP contribution in [0.15, 0.2) is 45.9 Å². The number of carbonyl (C=O) groups is 1. The van der Waals surface area contributed by atoms with Crippen molar-refractivity contribution in [2.75, 3.05) is 5.32 Å². The summed E-state index contributed by atoms with van der Waals surface area (Å²) in [6.07, 6.45) is 5.10. The molecule has 124 valence electrons. The predicted octanol–water partition coefficient (Wildman–Crippen LogP) is 3.02. The molecule has 0 bridgehead atoms. The first-order valence-electron chi connectivity index (χ1n) is 7.34. The second kappa shape index (κ2) is 5.90. The number of hydrogen-bond acceptors (Lipinski definition) is 4. The molecule has 1 N–H and O–H groups in total. The Balaban J connectivity index is 2.24. The summed E-state index contributed by atoms with van der Waals surface area (Å²) < 4.78 is 7.69. The average molecular weight is 390 g/mol. The molecule has 0 saturated heterocycles. The van der Waals surface area contributed by atoms with Gasteiger partial charge < -0.3 is 10.1 Å². The van der Waals surface area contributed by atoms with Gasteiger partial charge in [0.1, 0.15) is 5.60 Å². The minimum absolute atomic E-state index is 0.213. The summed E-state index contributed by atoms with van der Waals surface area (Å²) in [5.74, 6) is 0.253. The molecule has 1 aliphatic heterocycles. The molecule has 7 heteroatoms. The van der Waals surface area contributed by atoms with Crippen LogP contribution in [-0.2, 0) is 4.79 Å². The van der Waals surface area contributed by atoms with Gasteiger partial charge in [-0.2, -0.15) is 0 Å². The van der Waals surface area contributed by atoms with Gasteiger partial charge in [0, 0.05) is 19.3 Å². The summed E-state index contributed by atoms with van der Waals surface area (Å²) in [6, 6.07) is 5.20. The van der Waals surface area contributed by atoms with Gasteiger partial charge in [-0.15, -0.1) is 0 Å². The Hall–Kier alpha value is -2.41. The van der Waals surface area contributed by atoms with E-state index in [0.717, 1.165) is 0 Å². The van der Waals surface area contributed by atoms with Gasteiger partial charge in [-0.1, -0.05) is 0 Å². The van der Waals surface area contributed by atoms with E-state index in [4.69, 9.17) is 4.74 Å². The quantitative estimate of drug-likeness (QED) is 0.856. The zero-order valence-electron chi connectivity index (χ0n) is 13.5. The van der Waals surface area contributed by atoms with Crippen LogP contribution in [-0.4, -0.2) is 21.1 Å². The zero-order chi connectivity index (χ0) is 17.5. The van der Waals surface area contributed by atoms with Gasteiger partial charge in [-0.3, -0.25) is 14.2 Å². The monoisotopic (exact) mass is 389 g/mol. The van der Waals surface area contributed by atoms with Gasteiger partial charge in [0.2, 0.25) is 11.8 Å². The number of ether oxygens (including phenoxy) is 1. The lowest BCUT2D eigenvalue weighted by Gasteiger charge is -2.30. The molecule has 0 aliphatic carbocycles. The molecule has 0 unspecified atom stereocenters. The first-order valence-corrected chi connectivity index (χ1v) is 8.13. The molecular formula is C17H16BrN3O3. The second-order valence-electron chi connectivity index (χ2n) is 6.02. The Morgan fingerprint density at radius 2 is 2.17 bits per heavy atom. The van der Waals surface area contributed by atoms with Crippen LogP contribution in [0.25, 0.3) is 5.70 Å². The van der Waals surface area contributed by atoms with Crippen LogP contribution in [0.1, 0.15) is 26.3 Å². The Bertz CT molecular complexity index is 916. The largest absolute Gasteiger partial charge is 0.467 e. The van der Waals surface area contributed by atoms with Crippen LogP contribution >= 0.6 is 15.9 Å². The number of halogens is 1. The maximum atomic E-state index is 12.6. The van der Waals surface area contributed by atoms with Crippen molar-refractivity contribution in [3.63, 3.8) is 0 Å². The minimum Gasteiger partial charge on any atom is -0.467 e. The first kappa shape index (κ1) is 16.4. The van der Waals surface area contributed by atoms with Crippen LogP contribution in [0.2, 0.25) is 0 Å². The third-order valence-corrected chi connectivity index (χ3v) is 4.01. The molecule has 0 spiro atoms. The maximum absolute atomic E-state index is 12.6. The molecule has 3 rings (SSSR count). The van der Waals surface area contributed by atoms with Gasteiger partial charge in [-0.05, 0) is 54.1 Å². The summed E-state index contributed by atoms with van der Waals surface area (Å²) in [5, 5.41) is 2.69. The smallest absolute Gasteiger partial charge is 0.269 e. The van der Waals surface area contributed by atoms with E-state index in [1.165, 1.54) is 11.5 Å². The number of fused-ring (bicyclic) bond motifs is 1. The number of rotatable bonds is 2. The molecular weight excluding hydrogens is 374 g/mol. The Kier molecular flexibility index (Phi) is 4.04. The van der Waals surface area contributed by atoms with Crippen LogP contribution in [0.5, 0.6) is 5.88 Å². The number of amides is 1. The van der Waals surface area contributed by atoms with E-state index in [2.05, 4.69) is 26.2 Å². The van der Waals surface area contributed by atoms with Gasteiger partial charge in [0.15, 0.2) is 0 Å². The molecule has 0 atom stereocenters. The van der Waals surface area contributed by atoms with E-state index in [0.29, 0.717) is 27.3 Å². The molecule has 24 heavy (non-hydrogen) atoms. The van der Waals surface area contributed by atoms with Crippen molar-refractivity contribution in [1.29, 1.82) is 0 Å². The highest BCUT2D eigenvalue weighted by molar-refractivity contribution is 9.10. The van der Waals surface area contributed by atoms with E-state index < -0.39 is 5.60 Å². The van der Waals surface area contributed by atoms with E-state index in [-0.39, 0.29) is 11.5 Å². The fraction of sp³-hybridized carbons (Fsp3) is 0.235. The number of nitrogens with one attached hydrogen (secondary N) is 1. The number of carbonyl (C=O) groups excluding carboxylic acids is 1. The van der Waals surface area contributed by atoms with Crippen LogP contribution < -0.4 is 15.6 Å². The molecule has 2 aromatic rings. The van der Waals surface area contributed by atoms with Gasteiger partial charge in [0.25, 0.3) is 5.56 Å². The number of anilines is 1. The minimum atomic E-state index is -0.618. The van der Waals surface area contributed by atoms with E-state index in [1.807, 2.05) is 26.0 Å².